The molecule has 1 aliphatic carbocycles. The maximum Gasteiger partial charge on any atom is 0.139 e. The lowest BCUT2D eigenvalue weighted by atomic mass is 9.73. The molecule has 0 N–H and O–H groups in total. The maximum atomic E-state index is 11.9. The van der Waals surface area contributed by atoms with E-state index in [1.54, 1.807) is 0 Å². The summed E-state index contributed by atoms with van der Waals surface area (Å²) in [6.07, 6.45) is 3.12. The van der Waals surface area contributed by atoms with Gasteiger partial charge < -0.3 is 0 Å². The zero-order valence-corrected chi connectivity index (χ0v) is 9.38. The first-order valence-corrected chi connectivity index (χ1v) is 5.61. The molecule has 2 unspecified atom stereocenters. The Kier molecular flexibility index (Phi) is 3.85. The summed E-state index contributed by atoms with van der Waals surface area (Å²) in [4.78, 5) is 23.2. The van der Waals surface area contributed by atoms with Crippen LogP contribution in [0.25, 0.3) is 0 Å². The van der Waals surface area contributed by atoms with Crippen LogP contribution in [-0.4, -0.2) is 11.6 Å². The molecule has 14 heavy (non-hydrogen) atoms. The number of hydrogen-bond donors (Lipinski definition) is 0. The van der Waals surface area contributed by atoms with Crippen molar-refractivity contribution in [3.8, 4) is 0 Å². The Hall–Kier alpha value is -0.660. The fourth-order valence-corrected chi connectivity index (χ4v) is 2.31. The van der Waals surface area contributed by atoms with E-state index in [-0.39, 0.29) is 23.4 Å². The standard InChI is InChI=1S/C12H20O2/c1-4-9-5-6-10(13)7-11(9)12(14)8(2)3/h8-9,11H,4-7H2,1-3H3. The van der Waals surface area contributed by atoms with Gasteiger partial charge in [0.15, 0.2) is 0 Å². The smallest absolute Gasteiger partial charge is 0.139 e. The van der Waals surface area contributed by atoms with E-state index in [0.717, 1.165) is 12.8 Å². The third-order valence-electron chi connectivity index (χ3n) is 3.27. The molecule has 2 nitrogen and oxygen atoms in total. The van der Waals surface area contributed by atoms with Crippen LogP contribution in [-0.2, 0) is 9.59 Å². The SMILES string of the molecule is CCC1CCC(=O)CC1C(=O)C(C)C. The van der Waals surface area contributed by atoms with Crippen molar-refractivity contribution in [2.24, 2.45) is 17.8 Å². The molecule has 0 aromatic rings. The van der Waals surface area contributed by atoms with Crippen molar-refractivity contribution in [2.45, 2.75) is 46.5 Å². The van der Waals surface area contributed by atoms with Crippen LogP contribution in [0.1, 0.15) is 46.5 Å². The van der Waals surface area contributed by atoms with Gasteiger partial charge in [0, 0.05) is 24.7 Å². The quantitative estimate of drug-likeness (QED) is 0.695. The lowest BCUT2D eigenvalue weighted by Gasteiger charge is -2.29. The monoisotopic (exact) mass is 196 g/mol. The van der Waals surface area contributed by atoms with Gasteiger partial charge in [0.25, 0.3) is 0 Å². The molecule has 1 rings (SSSR count). The number of hydrogen-bond acceptors (Lipinski definition) is 2. The molecule has 0 spiro atoms. The summed E-state index contributed by atoms with van der Waals surface area (Å²) in [7, 11) is 0. The van der Waals surface area contributed by atoms with Gasteiger partial charge in [-0.15, -0.1) is 0 Å². The molecule has 0 aromatic heterocycles. The summed E-state index contributed by atoms with van der Waals surface area (Å²) in [6.45, 7) is 5.96. The summed E-state index contributed by atoms with van der Waals surface area (Å²) in [6, 6.07) is 0. The van der Waals surface area contributed by atoms with Crippen molar-refractivity contribution in [2.75, 3.05) is 0 Å². The van der Waals surface area contributed by atoms with Gasteiger partial charge in [-0.3, -0.25) is 9.59 Å². The fourth-order valence-electron chi connectivity index (χ4n) is 2.31. The molecule has 2 atom stereocenters. The first kappa shape index (κ1) is 11.4. The predicted molar refractivity (Wildman–Crippen MR) is 56.0 cm³/mol. The highest BCUT2D eigenvalue weighted by Crippen LogP contribution is 2.32. The largest absolute Gasteiger partial charge is 0.300 e. The molecule has 1 saturated carbocycles. The summed E-state index contributed by atoms with van der Waals surface area (Å²) in [5.41, 5.74) is 0. The van der Waals surface area contributed by atoms with Crippen LogP contribution in [0.4, 0.5) is 0 Å². The third-order valence-corrected chi connectivity index (χ3v) is 3.27. The molecule has 0 amide bonds. The first-order valence-electron chi connectivity index (χ1n) is 5.61. The highest BCUT2D eigenvalue weighted by molar-refractivity contribution is 5.90. The first-order chi connectivity index (χ1) is 6.56. The van der Waals surface area contributed by atoms with Gasteiger partial charge in [-0.2, -0.15) is 0 Å². The number of Topliss-reactive ketones (excluding diaryl/α,β-unsaturated/α-hetero) is 2. The zero-order chi connectivity index (χ0) is 10.7. The summed E-state index contributed by atoms with van der Waals surface area (Å²) in [5.74, 6) is 1.09. The maximum absolute atomic E-state index is 11.9. The summed E-state index contributed by atoms with van der Waals surface area (Å²) >= 11 is 0. The van der Waals surface area contributed by atoms with Crippen LogP contribution in [0.2, 0.25) is 0 Å². The molecule has 1 fully saturated rings. The Labute approximate surface area is 86.1 Å². The summed E-state index contributed by atoms with van der Waals surface area (Å²) < 4.78 is 0. The van der Waals surface area contributed by atoms with E-state index in [0.29, 0.717) is 18.8 Å². The van der Waals surface area contributed by atoms with E-state index in [1.807, 2.05) is 13.8 Å². The highest BCUT2D eigenvalue weighted by Gasteiger charge is 2.33. The Morgan fingerprint density at radius 3 is 2.64 bits per heavy atom. The molecule has 80 valence electrons. The van der Waals surface area contributed by atoms with Gasteiger partial charge in [-0.1, -0.05) is 27.2 Å². The molecule has 0 aliphatic heterocycles. The summed E-state index contributed by atoms with van der Waals surface area (Å²) in [5, 5.41) is 0. The van der Waals surface area contributed by atoms with Crippen molar-refractivity contribution in [1.29, 1.82) is 0 Å². The minimum atomic E-state index is 0.0150. The van der Waals surface area contributed by atoms with E-state index in [4.69, 9.17) is 0 Å². The van der Waals surface area contributed by atoms with E-state index in [1.165, 1.54) is 0 Å². The molecule has 0 aromatic carbocycles. The van der Waals surface area contributed by atoms with Gasteiger partial charge in [0.2, 0.25) is 0 Å². The van der Waals surface area contributed by atoms with Crippen molar-refractivity contribution in [3.63, 3.8) is 0 Å². The van der Waals surface area contributed by atoms with Crippen LogP contribution in [0.3, 0.4) is 0 Å². The topological polar surface area (TPSA) is 34.1 Å². The van der Waals surface area contributed by atoms with Crippen molar-refractivity contribution >= 4 is 11.6 Å². The Bertz CT molecular complexity index is 230. The number of carbonyl (C=O) groups is 2. The molecule has 2 heteroatoms. The fraction of sp³-hybridized carbons (Fsp3) is 0.833. The van der Waals surface area contributed by atoms with E-state index in [9.17, 15) is 9.59 Å². The Morgan fingerprint density at radius 1 is 1.50 bits per heavy atom. The van der Waals surface area contributed by atoms with Gasteiger partial charge in [-0.25, -0.2) is 0 Å². The van der Waals surface area contributed by atoms with Crippen molar-refractivity contribution in [1.82, 2.24) is 0 Å². The van der Waals surface area contributed by atoms with Gasteiger partial charge in [0.05, 0.1) is 0 Å². The van der Waals surface area contributed by atoms with Gasteiger partial charge in [0.1, 0.15) is 11.6 Å². The van der Waals surface area contributed by atoms with E-state index in [2.05, 4.69) is 6.92 Å². The lowest BCUT2D eigenvalue weighted by Crippen LogP contribution is -2.33. The second kappa shape index (κ2) is 4.72. The minimum absolute atomic E-state index is 0.0150. The molecule has 1 aliphatic rings. The molecule has 0 radical (unpaired) electrons. The van der Waals surface area contributed by atoms with E-state index < -0.39 is 0 Å². The van der Waals surface area contributed by atoms with E-state index >= 15 is 0 Å². The van der Waals surface area contributed by atoms with Gasteiger partial charge >= 0.3 is 0 Å². The molecule has 0 heterocycles. The van der Waals surface area contributed by atoms with Gasteiger partial charge in [-0.05, 0) is 12.3 Å². The second-order valence-electron chi connectivity index (χ2n) is 4.61. The number of carbonyl (C=O) groups excluding carboxylic acids is 2. The molecule has 0 saturated heterocycles. The second-order valence-corrected chi connectivity index (χ2v) is 4.61. The minimum Gasteiger partial charge on any atom is -0.300 e. The third kappa shape index (κ3) is 2.43. The predicted octanol–water partition coefficient (Wildman–Crippen LogP) is 2.61. The van der Waals surface area contributed by atoms with Crippen molar-refractivity contribution in [3.05, 3.63) is 0 Å². The lowest BCUT2D eigenvalue weighted by molar-refractivity contribution is -0.134. The number of ketones is 2. The van der Waals surface area contributed by atoms with Crippen LogP contribution >= 0.6 is 0 Å². The Morgan fingerprint density at radius 2 is 2.14 bits per heavy atom. The zero-order valence-electron chi connectivity index (χ0n) is 9.38. The molecular weight excluding hydrogens is 176 g/mol. The van der Waals surface area contributed by atoms with Crippen LogP contribution < -0.4 is 0 Å². The van der Waals surface area contributed by atoms with Crippen molar-refractivity contribution < 1.29 is 9.59 Å². The highest BCUT2D eigenvalue weighted by atomic mass is 16.1. The van der Waals surface area contributed by atoms with Crippen LogP contribution in [0.15, 0.2) is 0 Å². The average Bonchev–Trinajstić information content (AvgIpc) is 2.16. The molecular formula is C12H20O2. The molecule has 0 bridgehead atoms. The number of rotatable bonds is 3. The Balaban J connectivity index is 2.70. The normalized spacial score (nSPS) is 28.1. The average molecular weight is 196 g/mol. The van der Waals surface area contributed by atoms with Crippen LogP contribution in [0.5, 0.6) is 0 Å². The van der Waals surface area contributed by atoms with Crippen LogP contribution in [0, 0.1) is 17.8 Å².